The van der Waals surface area contributed by atoms with Crippen molar-refractivity contribution in [3.05, 3.63) is 71.1 Å². The topological polar surface area (TPSA) is 57.6 Å². The van der Waals surface area contributed by atoms with Gasteiger partial charge in [-0.2, -0.15) is 0 Å². The summed E-state index contributed by atoms with van der Waals surface area (Å²) in [5, 5.41) is 9.65. The van der Waals surface area contributed by atoms with Gasteiger partial charge in [-0.05, 0) is 30.2 Å². The Morgan fingerprint density at radius 2 is 1.60 bits per heavy atom. The molecular weight excluding hydrogens is 334 g/mol. The van der Waals surface area contributed by atoms with E-state index >= 15 is 0 Å². The number of anilines is 2. The molecule has 25 heavy (non-hydrogen) atoms. The van der Waals surface area contributed by atoms with Crippen molar-refractivity contribution in [2.24, 2.45) is 0 Å². The molecule has 0 unspecified atom stereocenters. The van der Waals surface area contributed by atoms with Crippen LogP contribution in [0.3, 0.4) is 0 Å². The Hall–Kier alpha value is -2.92. The average molecular weight is 351 g/mol. The van der Waals surface area contributed by atoms with Gasteiger partial charge in [0.05, 0.1) is 11.4 Å². The summed E-state index contributed by atoms with van der Waals surface area (Å²) in [5.41, 5.74) is 2.92. The zero-order chi connectivity index (χ0) is 18.0. The molecule has 1 aromatic heterocycles. The van der Waals surface area contributed by atoms with E-state index in [2.05, 4.69) is 0 Å². The number of amides is 1. The number of benzene rings is 2. The van der Waals surface area contributed by atoms with E-state index < -0.39 is 5.97 Å². The first-order valence-electron chi connectivity index (χ1n) is 7.78. The number of hydrogen-bond donors (Lipinski definition) is 1. The number of para-hydroxylation sites is 1. The fourth-order valence-corrected chi connectivity index (χ4v) is 3.72. The zero-order valence-corrected chi connectivity index (χ0v) is 14.7. The molecule has 0 saturated heterocycles. The van der Waals surface area contributed by atoms with Crippen molar-refractivity contribution >= 4 is 34.6 Å². The van der Waals surface area contributed by atoms with Gasteiger partial charge in [-0.15, -0.1) is 11.3 Å². The van der Waals surface area contributed by atoms with E-state index in [1.807, 2.05) is 61.5 Å². The molecule has 0 saturated carbocycles. The first-order chi connectivity index (χ1) is 12.0. The van der Waals surface area contributed by atoms with Crippen molar-refractivity contribution in [3.63, 3.8) is 0 Å². The number of rotatable bonds is 4. The predicted octanol–water partition coefficient (Wildman–Crippen LogP) is 5.11. The first-order valence-corrected chi connectivity index (χ1v) is 8.59. The normalized spacial score (nSPS) is 10.5. The number of carboxylic acids is 1. The van der Waals surface area contributed by atoms with Crippen LogP contribution in [0, 0.1) is 6.92 Å². The van der Waals surface area contributed by atoms with Gasteiger partial charge in [-0.3, -0.25) is 9.69 Å². The Balaban J connectivity index is 2.20. The molecule has 1 amide bonds. The Morgan fingerprint density at radius 1 is 0.960 bits per heavy atom. The third kappa shape index (κ3) is 3.32. The monoisotopic (exact) mass is 351 g/mol. The molecule has 4 nitrogen and oxygen atoms in total. The lowest BCUT2D eigenvalue weighted by atomic mass is 10.1. The van der Waals surface area contributed by atoms with Gasteiger partial charge in [0.1, 0.15) is 4.88 Å². The summed E-state index contributed by atoms with van der Waals surface area (Å²) >= 11 is 1.17. The number of aromatic carboxylic acids is 1. The minimum atomic E-state index is -1.04. The molecule has 0 aliphatic carbocycles. The molecule has 2 aromatic carbocycles. The molecular formula is C20H17NO3S. The third-order valence-electron chi connectivity index (χ3n) is 3.88. The summed E-state index contributed by atoms with van der Waals surface area (Å²) in [6.07, 6.45) is 0. The molecule has 0 fully saturated rings. The summed E-state index contributed by atoms with van der Waals surface area (Å²) in [6.45, 7) is 3.34. The Morgan fingerprint density at radius 3 is 2.20 bits per heavy atom. The lowest BCUT2D eigenvalue weighted by molar-refractivity contribution is -0.115. The van der Waals surface area contributed by atoms with Crippen LogP contribution in [0.4, 0.5) is 11.4 Å². The van der Waals surface area contributed by atoms with Crippen molar-refractivity contribution in [1.82, 2.24) is 0 Å². The molecule has 0 spiro atoms. The van der Waals surface area contributed by atoms with Crippen molar-refractivity contribution in [3.8, 4) is 10.4 Å². The van der Waals surface area contributed by atoms with Gasteiger partial charge in [0, 0.05) is 11.8 Å². The Bertz CT molecular complexity index is 931. The summed E-state index contributed by atoms with van der Waals surface area (Å²) in [5.74, 6) is -1.27. The molecule has 5 heteroatoms. The fourth-order valence-electron chi connectivity index (χ4n) is 2.73. The largest absolute Gasteiger partial charge is 0.477 e. The van der Waals surface area contributed by atoms with Gasteiger partial charge in [0.2, 0.25) is 5.91 Å². The lowest BCUT2D eigenvalue weighted by Gasteiger charge is -2.22. The molecule has 0 bridgehead atoms. The lowest BCUT2D eigenvalue weighted by Crippen LogP contribution is -2.24. The van der Waals surface area contributed by atoms with E-state index in [0.717, 1.165) is 16.0 Å². The van der Waals surface area contributed by atoms with Crippen LogP contribution in [0.2, 0.25) is 0 Å². The van der Waals surface area contributed by atoms with Crippen LogP contribution in [-0.2, 0) is 4.79 Å². The minimum absolute atomic E-state index is 0.150. The van der Waals surface area contributed by atoms with E-state index in [4.69, 9.17) is 0 Å². The minimum Gasteiger partial charge on any atom is -0.477 e. The maximum Gasteiger partial charge on any atom is 0.348 e. The Labute approximate surface area is 150 Å². The maximum absolute atomic E-state index is 12.4. The number of nitrogens with zero attached hydrogens (tertiary/aromatic N) is 1. The molecule has 0 radical (unpaired) electrons. The van der Waals surface area contributed by atoms with Crippen LogP contribution in [0.5, 0.6) is 0 Å². The number of thiophene rings is 1. The van der Waals surface area contributed by atoms with Crippen molar-refractivity contribution in [2.75, 3.05) is 4.90 Å². The second kappa shape index (κ2) is 6.91. The molecule has 1 heterocycles. The number of carbonyl (C=O) groups is 2. The summed E-state index contributed by atoms with van der Waals surface area (Å²) in [7, 11) is 0. The van der Waals surface area contributed by atoms with Crippen molar-refractivity contribution < 1.29 is 14.7 Å². The SMILES string of the molecule is CC(=O)N(c1ccccc1C)c1cc(-c2ccccc2)sc1C(=O)O. The summed E-state index contributed by atoms with van der Waals surface area (Å²) in [4.78, 5) is 26.6. The van der Waals surface area contributed by atoms with E-state index in [9.17, 15) is 14.7 Å². The number of carbonyl (C=O) groups excluding carboxylic acids is 1. The maximum atomic E-state index is 12.4. The quantitative estimate of drug-likeness (QED) is 0.711. The second-order valence-electron chi connectivity index (χ2n) is 5.64. The van der Waals surface area contributed by atoms with Gasteiger partial charge < -0.3 is 5.11 Å². The van der Waals surface area contributed by atoms with Gasteiger partial charge in [0.25, 0.3) is 0 Å². The highest BCUT2D eigenvalue weighted by Gasteiger charge is 2.25. The zero-order valence-electron chi connectivity index (χ0n) is 13.9. The molecule has 0 atom stereocenters. The number of carboxylic acid groups (broad SMARTS) is 1. The molecule has 0 aliphatic heterocycles. The molecule has 1 N–H and O–H groups in total. The first kappa shape index (κ1) is 16.9. The van der Waals surface area contributed by atoms with Gasteiger partial charge in [0.15, 0.2) is 0 Å². The van der Waals surface area contributed by atoms with Crippen LogP contribution < -0.4 is 4.90 Å². The van der Waals surface area contributed by atoms with Crippen molar-refractivity contribution in [2.45, 2.75) is 13.8 Å². The van der Waals surface area contributed by atoms with Crippen LogP contribution in [0.25, 0.3) is 10.4 Å². The Kier molecular flexibility index (Phi) is 4.67. The van der Waals surface area contributed by atoms with Crippen molar-refractivity contribution in [1.29, 1.82) is 0 Å². The fraction of sp³-hybridized carbons (Fsp3) is 0.100. The molecule has 3 rings (SSSR count). The second-order valence-corrected chi connectivity index (χ2v) is 6.69. The van der Waals surface area contributed by atoms with Crippen LogP contribution >= 0.6 is 11.3 Å². The number of hydrogen-bond acceptors (Lipinski definition) is 3. The molecule has 126 valence electrons. The van der Waals surface area contributed by atoms with Gasteiger partial charge >= 0.3 is 5.97 Å². The van der Waals surface area contributed by atoms with E-state index in [1.165, 1.54) is 23.2 Å². The van der Waals surface area contributed by atoms with Crippen LogP contribution in [-0.4, -0.2) is 17.0 Å². The molecule has 3 aromatic rings. The average Bonchev–Trinajstić information content (AvgIpc) is 3.02. The van der Waals surface area contributed by atoms with E-state index in [-0.39, 0.29) is 10.8 Å². The van der Waals surface area contributed by atoms with Crippen LogP contribution in [0.15, 0.2) is 60.7 Å². The third-order valence-corrected chi connectivity index (χ3v) is 5.04. The van der Waals surface area contributed by atoms with E-state index in [0.29, 0.717) is 11.4 Å². The van der Waals surface area contributed by atoms with Gasteiger partial charge in [-0.25, -0.2) is 4.79 Å². The predicted molar refractivity (Wildman–Crippen MR) is 101 cm³/mol. The standard InChI is InChI=1S/C20H17NO3S/c1-13-8-6-7-11-16(13)21(14(2)22)17-12-18(25-19(17)20(23)24)15-9-4-3-5-10-15/h3-12H,1-2H3,(H,23,24). The highest BCUT2D eigenvalue weighted by atomic mass is 32.1. The van der Waals surface area contributed by atoms with E-state index in [1.54, 1.807) is 6.07 Å². The van der Waals surface area contributed by atoms with Crippen LogP contribution in [0.1, 0.15) is 22.2 Å². The highest BCUT2D eigenvalue weighted by Crippen LogP contribution is 2.40. The molecule has 0 aliphatic rings. The number of aryl methyl sites for hydroxylation is 1. The smallest absolute Gasteiger partial charge is 0.348 e. The highest BCUT2D eigenvalue weighted by molar-refractivity contribution is 7.18. The summed E-state index contributed by atoms with van der Waals surface area (Å²) in [6, 6.07) is 18.8. The summed E-state index contributed by atoms with van der Waals surface area (Å²) < 4.78 is 0. The van der Waals surface area contributed by atoms with Gasteiger partial charge in [-0.1, -0.05) is 48.5 Å².